The molecule has 1 aromatic carbocycles. The van der Waals surface area contributed by atoms with E-state index in [1.807, 2.05) is 6.07 Å². The van der Waals surface area contributed by atoms with Crippen molar-refractivity contribution in [3.05, 3.63) is 18.2 Å². The van der Waals surface area contributed by atoms with Crippen molar-refractivity contribution in [1.29, 1.82) is 0 Å². The minimum absolute atomic E-state index is 0.280. The Morgan fingerprint density at radius 3 is 2.57 bits per heavy atom. The number of rotatable bonds is 5. The van der Waals surface area contributed by atoms with Crippen LogP contribution in [0.4, 0.5) is 5.69 Å². The molecular formula is C15H23N3O3. The highest BCUT2D eigenvalue weighted by Crippen LogP contribution is 2.30. The summed E-state index contributed by atoms with van der Waals surface area (Å²) in [6, 6.07) is 5.40. The van der Waals surface area contributed by atoms with Crippen LogP contribution in [0.2, 0.25) is 0 Å². The SMILES string of the molecule is COc1ccc(NC(N)=NCC2(O)CCCC2)cc1OC. The molecule has 0 radical (unpaired) electrons. The topological polar surface area (TPSA) is 89.1 Å². The fraction of sp³-hybridized carbons (Fsp3) is 0.533. The Kier molecular flexibility index (Phi) is 4.90. The third-order valence-electron chi connectivity index (χ3n) is 3.73. The zero-order valence-corrected chi connectivity index (χ0v) is 12.6. The fourth-order valence-corrected chi connectivity index (χ4v) is 2.52. The van der Waals surface area contributed by atoms with E-state index in [1.54, 1.807) is 26.4 Å². The van der Waals surface area contributed by atoms with Gasteiger partial charge in [0.1, 0.15) is 0 Å². The first-order chi connectivity index (χ1) is 10.1. The highest BCUT2D eigenvalue weighted by atomic mass is 16.5. The van der Waals surface area contributed by atoms with Crippen LogP contribution in [0.1, 0.15) is 25.7 Å². The summed E-state index contributed by atoms with van der Waals surface area (Å²) >= 11 is 0. The molecule has 1 aromatic rings. The summed E-state index contributed by atoms with van der Waals surface area (Å²) in [4.78, 5) is 4.23. The van der Waals surface area contributed by atoms with E-state index in [0.717, 1.165) is 31.4 Å². The average molecular weight is 293 g/mol. The highest BCUT2D eigenvalue weighted by Gasteiger charge is 2.30. The number of nitrogens with one attached hydrogen (secondary N) is 1. The Hall–Kier alpha value is -1.95. The van der Waals surface area contributed by atoms with Crippen molar-refractivity contribution >= 4 is 11.6 Å². The molecule has 6 heteroatoms. The minimum Gasteiger partial charge on any atom is -0.493 e. The van der Waals surface area contributed by atoms with Crippen molar-refractivity contribution in [3.63, 3.8) is 0 Å². The first kappa shape index (κ1) is 15.4. The fourth-order valence-electron chi connectivity index (χ4n) is 2.52. The quantitative estimate of drug-likeness (QED) is 0.568. The van der Waals surface area contributed by atoms with E-state index in [4.69, 9.17) is 15.2 Å². The molecule has 0 spiro atoms. The van der Waals surface area contributed by atoms with E-state index in [-0.39, 0.29) is 5.96 Å². The second-order valence-electron chi connectivity index (χ2n) is 5.33. The Morgan fingerprint density at radius 1 is 1.29 bits per heavy atom. The third-order valence-corrected chi connectivity index (χ3v) is 3.73. The van der Waals surface area contributed by atoms with E-state index in [1.165, 1.54) is 0 Å². The van der Waals surface area contributed by atoms with Crippen LogP contribution in [0.15, 0.2) is 23.2 Å². The molecule has 2 rings (SSSR count). The van der Waals surface area contributed by atoms with Crippen LogP contribution in [-0.2, 0) is 0 Å². The van der Waals surface area contributed by atoms with E-state index in [2.05, 4.69) is 10.3 Å². The van der Waals surface area contributed by atoms with Crippen molar-refractivity contribution in [2.45, 2.75) is 31.3 Å². The average Bonchev–Trinajstić information content (AvgIpc) is 2.92. The molecule has 1 aliphatic carbocycles. The summed E-state index contributed by atoms with van der Waals surface area (Å²) < 4.78 is 10.4. The Morgan fingerprint density at radius 2 is 1.95 bits per heavy atom. The van der Waals surface area contributed by atoms with Gasteiger partial charge in [-0.15, -0.1) is 0 Å². The summed E-state index contributed by atoms with van der Waals surface area (Å²) in [7, 11) is 3.16. The molecule has 0 saturated heterocycles. The molecule has 0 amide bonds. The number of guanidine groups is 1. The van der Waals surface area contributed by atoms with Crippen molar-refractivity contribution in [3.8, 4) is 11.5 Å². The van der Waals surface area contributed by atoms with Gasteiger partial charge in [0.25, 0.3) is 0 Å². The molecule has 21 heavy (non-hydrogen) atoms. The van der Waals surface area contributed by atoms with Gasteiger partial charge in [0, 0.05) is 11.8 Å². The van der Waals surface area contributed by atoms with Gasteiger partial charge in [-0.2, -0.15) is 0 Å². The summed E-state index contributed by atoms with van der Waals surface area (Å²) in [6.07, 6.45) is 3.68. The first-order valence-electron chi connectivity index (χ1n) is 7.08. The van der Waals surface area contributed by atoms with Gasteiger partial charge in [-0.1, -0.05) is 12.8 Å². The monoisotopic (exact) mass is 293 g/mol. The molecular weight excluding hydrogens is 270 g/mol. The second kappa shape index (κ2) is 6.67. The second-order valence-corrected chi connectivity index (χ2v) is 5.33. The van der Waals surface area contributed by atoms with Gasteiger partial charge in [-0.05, 0) is 25.0 Å². The van der Waals surface area contributed by atoms with Gasteiger partial charge < -0.3 is 25.6 Å². The van der Waals surface area contributed by atoms with Crippen LogP contribution in [0.5, 0.6) is 11.5 Å². The van der Waals surface area contributed by atoms with Crippen molar-refractivity contribution in [1.82, 2.24) is 0 Å². The summed E-state index contributed by atoms with van der Waals surface area (Å²) in [5, 5.41) is 13.2. The van der Waals surface area contributed by atoms with Crippen LogP contribution in [0.3, 0.4) is 0 Å². The smallest absolute Gasteiger partial charge is 0.193 e. The van der Waals surface area contributed by atoms with E-state index < -0.39 is 5.60 Å². The number of ether oxygens (including phenoxy) is 2. The Labute approximate surface area is 125 Å². The molecule has 0 bridgehead atoms. The molecule has 0 atom stereocenters. The lowest BCUT2D eigenvalue weighted by molar-refractivity contribution is 0.0575. The van der Waals surface area contributed by atoms with Crippen LogP contribution in [0.25, 0.3) is 0 Å². The molecule has 4 N–H and O–H groups in total. The van der Waals surface area contributed by atoms with Crippen molar-refractivity contribution in [2.24, 2.45) is 10.7 Å². The number of benzene rings is 1. The lowest BCUT2D eigenvalue weighted by Crippen LogP contribution is -2.31. The van der Waals surface area contributed by atoms with Gasteiger partial charge >= 0.3 is 0 Å². The third kappa shape index (κ3) is 4.01. The van der Waals surface area contributed by atoms with Crippen LogP contribution in [-0.4, -0.2) is 37.4 Å². The van der Waals surface area contributed by atoms with E-state index in [9.17, 15) is 5.11 Å². The number of methoxy groups -OCH3 is 2. The molecule has 1 fully saturated rings. The number of anilines is 1. The van der Waals surface area contributed by atoms with Gasteiger partial charge in [0.15, 0.2) is 17.5 Å². The molecule has 0 aromatic heterocycles. The number of aliphatic imine (C=N–C) groups is 1. The highest BCUT2D eigenvalue weighted by molar-refractivity contribution is 5.92. The van der Waals surface area contributed by atoms with E-state index in [0.29, 0.717) is 18.0 Å². The Balaban J connectivity index is 2.00. The standard InChI is InChI=1S/C15H23N3O3/c1-20-12-6-5-11(9-13(12)21-2)18-14(16)17-10-15(19)7-3-4-8-15/h5-6,9,19H,3-4,7-8,10H2,1-2H3,(H3,16,17,18). The van der Waals surface area contributed by atoms with Crippen molar-refractivity contribution < 1.29 is 14.6 Å². The minimum atomic E-state index is -0.691. The molecule has 0 aliphatic heterocycles. The lowest BCUT2D eigenvalue weighted by atomic mass is 10.0. The summed E-state index contributed by atoms with van der Waals surface area (Å²) in [6.45, 7) is 0.332. The molecule has 1 aliphatic rings. The predicted molar refractivity (Wildman–Crippen MR) is 83.1 cm³/mol. The Bertz CT molecular complexity index is 511. The number of nitrogens with two attached hydrogens (primary N) is 1. The molecule has 0 heterocycles. The maximum atomic E-state index is 10.2. The largest absolute Gasteiger partial charge is 0.493 e. The molecule has 116 valence electrons. The number of hydrogen-bond donors (Lipinski definition) is 3. The molecule has 6 nitrogen and oxygen atoms in total. The van der Waals surface area contributed by atoms with Crippen molar-refractivity contribution in [2.75, 3.05) is 26.1 Å². The summed E-state index contributed by atoms with van der Waals surface area (Å²) in [5.74, 6) is 1.55. The summed E-state index contributed by atoms with van der Waals surface area (Å²) in [5.41, 5.74) is 5.93. The normalized spacial score (nSPS) is 17.6. The van der Waals surface area contributed by atoms with Crippen LogP contribution >= 0.6 is 0 Å². The molecule has 0 unspecified atom stereocenters. The van der Waals surface area contributed by atoms with E-state index >= 15 is 0 Å². The number of nitrogens with zero attached hydrogens (tertiary/aromatic N) is 1. The van der Waals surface area contributed by atoms with Gasteiger partial charge in [-0.3, -0.25) is 4.99 Å². The number of aliphatic hydroxyl groups is 1. The number of hydrogen-bond acceptors (Lipinski definition) is 4. The molecule has 1 saturated carbocycles. The lowest BCUT2D eigenvalue weighted by Gasteiger charge is -2.19. The van der Waals surface area contributed by atoms with Gasteiger partial charge in [0.2, 0.25) is 0 Å². The zero-order valence-electron chi connectivity index (χ0n) is 12.6. The first-order valence-corrected chi connectivity index (χ1v) is 7.08. The predicted octanol–water partition coefficient (Wildman–Crippen LogP) is 1.74. The zero-order chi connectivity index (χ0) is 15.3. The maximum Gasteiger partial charge on any atom is 0.193 e. The van der Waals surface area contributed by atoms with Gasteiger partial charge in [-0.25, -0.2) is 0 Å². The van der Waals surface area contributed by atoms with Crippen LogP contribution in [0, 0.1) is 0 Å². The van der Waals surface area contributed by atoms with Crippen LogP contribution < -0.4 is 20.5 Å². The maximum absolute atomic E-state index is 10.2. The van der Waals surface area contributed by atoms with Gasteiger partial charge in [0.05, 0.1) is 26.4 Å².